The van der Waals surface area contributed by atoms with Gasteiger partial charge in [-0.15, -0.1) is 0 Å². The van der Waals surface area contributed by atoms with Crippen molar-refractivity contribution in [1.82, 2.24) is 4.98 Å². The van der Waals surface area contributed by atoms with Crippen molar-refractivity contribution in [1.29, 1.82) is 0 Å². The molecule has 0 spiro atoms. The van der Waals surface area contributed by atoms with Crippen molar-refractivity contribution in [2.45, 2.75) is 51.7 Å². The van der Waals surface area contributed by atoms with Gasteiger partial charge in [-0.25, -0.2) is 4.98 Å². The van der Waals surface area contributed by atoms with Crippen LogP contribution in [-0.4, -0.2) is 37.3 Å². The molecule has 0 saturated carbocycles. The number of aromatic nitrogens is 1. The number of hydrogen-bond acceptors (Lipinski definition) is 5. The van der Waals surface area contributed by atoms with Crippen LogP contribution in [0.1, 0.15) is 39.2 Å². The molecule has 1 heterocycles. The smallest absolute Gasteiger partial charge is 0.508 e. The summed E-state index contributed by atoms with van der Waals surface area (Å²) < 4.78 is 24.2. The molecule has 1 rings (SSSR count). The summed E-state index contributed by atoms with van der Waals surface area (Å²) >= 11 is 0. The third-order valence-corrected chi connectivity index (χ3v) is 8.63. The highest BCUT2D eigenvalue weighted by molar-refractivity contribution is 6.74. The van der Waals surface area contributed by atoms with Gasteiger partial charge in [-0.1, -0.05) is 27.7 Å². The summed E-state index contributed by atoms with van der Waals surface area (Å²) in [6.07, 6.45) is 1.41. The summed E-state index contributed by atoms with van der Waals surface area (Å²) in [4.78, 5) is 3.59. The van der Waals surface area contributed by atoms with E-state index in [0.717, 1.165) is 5.56 Å². The van der Waals surface area contributed by atoms with Crippen LogP contribution in [0, 0.1) is 5.95 Å². The van der Waals surface area contributed by atoms with E-state index in [0.29, 0.717) is 6.61 Å². The van der Waals surface area contributed by atoms with Crippen LogP contribution in [0.2, 0.25) is 18.1 Å². The van der Waals surface area contributed by atoms with Crippen molar-refractivity contribution in [3.63, 3.8) is 0 Å². The SMILES string of the molecule is CC(CO[Si](C)(C)C(C)(C)C)c1cnc(F)c(OB(O)O)c1. The Hall–Kier alpha value is -0.958. The summed E-state index contributed by atoms with van der Waals surface area (Å²) in [5, 5.41) is 17.7. The first-order valence-corrected chi connectivity index (χ1v) is 10.2. The Balaban J connectivity index is 2.80. The van der Waals surface area contributed by atoms with Crippen LogP contribution >= 0.6 is 0 Å². The molecule has 0 saturated heterocycles. The van der Waals surface area contributed by atoms with Crippen molar-refractivity contribution in [2.24, 2.45) is 0 Å². The number of halogens is 1. The van der Waals surface area contributed by atoms with E-state index in [2.05, 4.69) is 43.5 Å². The molecular weight excluding hydrogens is 304 g/mol. The molecule has 0 amide bonds. The van der Waals surface area contributed by atoms with Crippen molar-refractivity contribution in [2.75, 3.05) is 6.61 Å². The summed E-state index contributed by atoms with van der Waals surface area (Å²) in [5.74, 6) is -1.18. The minimum absolute atomic E-state index is 0.0135. The van der Waals surface area contributed by atoms with Gasteiger partial charge in [-0.05, 0) is 29.8 Å². The Labute approximate surface area is 132 Å². The first-order valence-electron chi connectivity index (χ1n) is 7.26. The minimum atomic E-state index is -2.08. The molecule has 0 aromatic carbocycles. The summed E-state index contributed by atoms with van der Waals surface area (Å²) in [7, 11) is -3.94. The summed E-state index contributed by atoms with van der Waals surface area (Å²) in [6.45, 7) is 13.3. The number of nitrogens with zero attached hydrogens (tertiary/aromatic N) is 1. The second-order valence-electron chi connectivity index (χ2n) is 6.97. The van der Waals surface area contributed by atoms with Crippen LogP contribution in [-0.2, 0) is 4.43 Å². The first-order chi connectivity index (χ1) is 9.94. The van der Waals surface area contributed by atoms with E-state index in [1.54, 1.807) is 0 Å². The van der Waals surface area contributed by atoms with E-state index in [1.807, 2.05) is 6.92 Å². The van der Waals surface area contributed by atoms with E-state index < -0.39 is 21.6 Å². The lowest BCUT2D eigenvalue weighted by atomic mass is 10.0. The lowest BCUT2D eigenvalue weighted by Crippen LogP contribution is -2.41. The van der Waals surface area contributed by atoms with Crippen LogP contribution in [0.15, 0.2) is 12.3 Å². The Kier molecular flexibility index (Phi) is 6.14. The third-order valence-electron chi connectivity index (χ3n) is 4.13. The maximum absolute atomic E-state index is 13.4. The highest BCUT2D eigenvalue weighted by atomic mass is 28.4. The second kappa shape index (κ2) is 7.08. The molecular formula is C14H25BFNO4Si. The molecule has 5 nitrogen and oxygen atoms in total. The van der Waals surface area contributed by atoms with E-state index in [-0.39, 0.29) is 16.7 Å². The van der Waals surface area contributed by atoms with E-state index in [1.165, 1.54) is 12.3 Å². The standard InChI is InChI=1S/C14H25BFNO4Si/c1-10(9-20-22(5,6)14(2,3)4)11-7-12(21-15(18)19)13(16)17-8-11/h7-8,10,18-19H,9H2,1-6H3. The zero-order chi connectivity index (χ0) is 17.1. The quantitative estimate of drug-likeness (QED) is 0.620. The maximum atomic E-state index is 13.4. The molecule has 0 bridgehead atoms. The van der Waals surface area contributed by atoms with Crippen LogP contribution < -0.4 is 4.65 Å². The predicted octanol–water partition coefficient (Wildman–Crippen LogP) is 2.69. The topological polar surface area (TPSA) is 71.8 Å². The summed E-state index contributed by atoms with van der Waals surface area (Å²) in [6, 6.07) is 1.42. The average molecular weight is 329 g/mol. The van der Waals surface area contributed by atoms with Crippen LogP contribution in [0.4, 0.5) is 4.39 Å². The van der Waals surface area contributed by atoms with Crippen molar-refractivity contribution in [3.05, 3.63) is 23.8 Å². The van der Waals surface area contributed by atoms with Gasteiger partial charge in [0.25, 0.3) is 5.95 Å². The van der Waals surface area contributed by atoms with Crippen molar-refractivity contribution >= 4 is 15.6 Å². The Bertz CT molecular complexity index is 508. The molecule has 0 aliphatic heterocycles. The number of pyridine rings is 1. The van der Waals surface area contributed by atoms with Gasteiger partial charge < -0.3 is 19.1 Å². The normalized spacial score (nSPS) is 13.9. The molecule has 0 radical (unpaired) electrons. The molecule has 1 aromatic heterocycles. The Morgan fingerprint density at radius 3 is 2.45 bits per heavy atom. The molecule has 0 aliphatic rings. The van der Waals surface area contributed by atoms with E-state index >= 15 is 0 Å². The lowest BCUT2D eigenvalue weighted by Gasteiger charge is -2.37. The maximum Gasteiger partial charge on any atom is 0.707 e. The minimum Gasteiger partial charge on any atom is -0.508 e. The van der Waals surface area contributed by atoms with Gasteiger partial charge in [0, 0.05) is 18.7 Å². The van der Waals surface area contributed by atoms with Crippen molar-refractivity contribution in [3.8, 4) is 5.75 Å². The van der Waals surface area contributed by atoms with Crippen LogP contribution in [0.3, 0.4) is 0 Å². The van der Waals surface area contributed by atoms with Crippen LogP contribution in [0.5, 0.6) is 5.75 Å². The van der Waals surface area contributed by atoms with Gasteiger partial charge in [0.15, 0.2) is 14.1 Å². The van der Waals surface area contributed by atoms with E-state index in [9.17, 15) is 4.39 Å². The average Bonchev–Trinajstić information content (AvgIpc) is 2.36. The molecule has 0 fully saturated rings. The monoisotopic (exact) mass is 329 g/mol. The van der Waals surface area contributed by atoms with Gasteiger partial charge in [0.1, 0.15) is 0 Å². The van der Waals surface area contributed by atoms with E-state index in [4.69, 9.17) is 14.5 Å². The number of hydrogen-bond donors (Lipinski definition) is 2. The van der Waals surface area contributed by atoms with Crippen LogP contribution in [0.25, 0.3) is 0 Å². The molecule has 124 valence electrons. The first kappa shape index (κ1) is 19.1. The Morgan fingerprint density at radius 1 is 1.36 bits per heavy atom. The fraction of sp³-hybridized carbons (Fsp3) is 0.643. The molecule has 1 aromatic rings. The highest BCUT2D eigenvalue weighted by Crippen LogP contribution is 2.37. The fourth-order valence-corrected chi connectivity index (χ4v) is 2.65. The summed E-state index contributed by atoms with van der Waals surface area (Å²) in [5.41, 5.74) is 0.718. The molecule has 1 atom stereocenters. The van der Waals surface area contributed by atoms with Crippen molar-refractivity contribution < 1.29 is 23.5 Å². The largest absolute Gasteiger partial charge is 0.707 e. The van der Waals surface area contributed by atoms with Gasteiger partial charge in [-0.3, -0.25) is 0 Å². The van der Waals surface area contributed by atoms with Gasteiger partial charge in [0.05, 0.1) is 0 Å². The third kappa shape index (κ3) is 5.05. The second-order valence-corrected chi connectivity index (χ2v) is 11.8. The van der Waals surface area contributed by atoms with Gasteiger partial charge >= 0.3 is 7.32 Å². The zero-order valence-corrected chi connectivity index (χ0v) is 15.1. The highest BCUT2D eigenvalue weighted by Gasteiger charge is 2.37. The lowest BCUT2D eigenvalue weighted by molar-refractivity contribution is 0.267. The Morgan fingerprint density at radius 2 is 1.95 bits per heavy atom. The number of rotatable bonds is 6. The predicted molar refractivity (Wildman–Crippen MR) is 86.6 cm³/mol. The van der Waals surface area contributed by atoms with Gasteiger partial charge in [0.2, 0.25) is 0 Å². The zero-order valence-electron chi connectivity index (χ0n) is 14.1. The molecule has 22 heavy (non-hydrogen) atoms. The fourth-order valence-electron chi connectivity index (χ4n) is 1.55. The molecule has 2 N–H and O–H groups in total. The molecule has 1 unspecified atom stereocenters. The van der Waals surface area contributed by atoms with Gasteiger partial charge in [-0.2, -0.15) is 4.39 Å². The molecule has 0 aliphatic carbocycles. The molecule has 8 heteroatoms.